The Morgan fingerprint density at radius 3 is 3.18 bits per heavy atom. The first-order chi connectivity index (χ1) is 10.8. The van der Waals surface area contributed by atoms with E-state index in [1.54, 1.807) is 6.20 Å². The van der Waals surface area contributed by atoms with Gasteiger partial charge in [-0.25, -0.2) is 4.98 Å². The highest BCUT2D eigenvalue weighted by molar-refractivity contribution is 5.92. The number of H-pyrrole nitrogens is 1. The van der Waals surface area contributed by atoms with Crippen molar-refractivity contribution in [2.45, 2.75) is 45.1 Å². The molecular weight excluding hydrogens is 276 g/mol. The van der Waals surface area contributed by atoms with Crippen LogP contribution in [0.25, 0.3) is 0 Å². The van der Waals surface area contributed by atoms with Crippen LogP contribution in [-0.2, 0) is 6.54 Å². The zero-order valence-corrected chi connectivity index (χ0v) is 13.2. The van der Waals surface area contributed by atoms with E-state index in [-0.39, 0.29) is 5.91 Å². The number of likely N-dealkylation sites (tertiary alicyclic amines) is 1. The molecule has 1 saturated heterocycles. The van der Waals surface area contributed by atoms with Crippen molar-refractivity contribution >= 4 is 5.91 Å². The third-order valence-electron chi connectivity index (χ3n) is 4.40. The Hall–Kier alpha value is -2.04. The first-order valence-electron chi connectivity index (χ1n) is 8.23. The van der Waals surface area contributed by atoms with Crippen LogP contribution in [0.1, 0.15) is 54.8 Å². The number of aryl methyl sites for hydroxylation is 1. The number of unbranched alkanes of at least 4 members (excludes halogenated alkanes) is 1. The number of imidazole rings is 1. The Bertz CT molecular complexity index is 602. The van der Waals surface area contributed by atoms with E-state index in [1.165, 1.54) is 12.8 Å². The van der Waals surface area contributed by atoms with Gasteiger partial charge >= 0.3 is 0 Å². The van der Waals surface area contributed by atoms with Crippen molar-refractivity contribution in [3.05, 3.63) is 42.2 Å². The molecule has 0 aromatic carbocycles. The molecule has 1 aliphatic heterocycles. The van der Waals surface area contributed by atoms with Crippen molar-refractivity contribution in [1.82, 2.24) is 19.4 Å². The van der Waals surface area contributed by atoms with E-state index in [9.17, 15) is 4.79 Å². The average molecular weight is 300 g/mol. The van der Waals surface area contributed by atoms with Crippen LogP contribution in [0.5, 0.6) is 0 Å². The summed E-state index contributed by atoms with van der Waals surface area (Å²) < 4.78 is 2.26. The molecule has 0 spiro atoms. The molecule has 1 atom stereocenters. The number of carbonyl (C=O) groups is 1. The normalized spacial score (nSPS) is 18.6. The summed E-state index contributed by atoms with van der Waals surface area (Å²) in [6.07, 6.45) is 10.2. The SMILES string of the molecule is CCCCn1ccnc1[C@H]1CCCN(C(=O)c2ccc[nH]2)C1. The number of nitrogens with one attached hydrogen (secondary N) is 1. The second-order valence-corrected chi connectivity index (χ2v) is 6.01. The fourth-order valence-corrected chi connectivity index (χ4v) is 3.20. The van der Waals surface area contributed by atoms with Crippen LogP contribution in [0.4, 0.5) is 0 Å². The van der Waals surface area contributed by atoms with Crippen molar-refractivity contribution < 1.29 is 4.79 Å². The van der Waals surface area contributed by atoms with Crippen LogP contribution in [0, 0.1) is 0 Å². The smallest absolute Gasteiger partial charge is 0.270 e. The Morgan fingerprint density at radius 1 is 1.50 bits per heavy atom. The maximum atomic E-state index is 12.5. The van der Waals surface area contributed by atoms with Crippen molar-refractivity contribution in [2.75, 3.05) is 13.1 Å². The maximum Gasteiger partial charge on any atom is 0.270 e. The lowest BCUT2D eigenvalue weighted by Gasteiger charge is -2.32. The number of rotatable bonds is 5. The molecule has 1 fully saturated rings. The summed E-state index contributed by atoms with van der Waals surface area (Å²) in [5, 5.41) is 0. The lowest BCUT2D eigenvalue weighted by Crippen LogP contribution is -2.40. The Labute approximate surface area is 131 Å². The molecule has 5 nitrogen and oxygen atoms in total. The van der Waals surface area contributed by atoms with Gasteiger partial charge in [0.05, 0.1) is 0 Å². The van der Waals surface area contributed by atoms with Gasteiger partial charge in [0.2, 0.25) is 0 Å². The minimum Gasteiger partial charge on any atom is -0.357 e. The third kappa shape index (κ3) is 3.08. The van der Waals surface area contributed by atoms with Gasteiger partial charge < -0.3 is 14.5 Å². The molecule has 0 radical (unpaired) electrons. The minimum absolute atomic E-state index is 0.0985. The summed E-state index contributed by atoms with van der Waals surface area (Å²) in [5.74, 6) is 1.58. The van der Waals surface area contributed by atoms with Crippen LogP contribution >= 0.6 is 0 Å². The van der Waals surface area contributed by atoms with Crippen molar-refractivity contribution in [3.63, 3.8) is 0 Å². The lowest BCUT2D eigenvalue weighted by molar-refractivity contribution is 0.0698. The quantitative estimate of drug-likeness (QED) is 0.922. The highest BCUT2D eigenvalue weighted by Gasteiger charge is 2.28. The van der Waals surface area contributed by atoms with Crippen LogP contribution < -0.4 is 0 Å². The Balaban J connectivity index is 1.70. The molecule has 1 aliphatic rings. The highest BCUT2D eigenvalue weighted by Crippen LogP contribution is 2.26. The van der Waals surface area contributed by atoms with E-state index in [0.717, 1.165) is 38.3 Å². The van der Waals surface area contributed by atoms with Crippen LogP contribution in [-0.4, -0.2) is 38.4 Å². The topological polar surface area (TPSA) is 53.9 Å². The number of nitrogens with zero attached hydrogens (tertiary/aromatic N) is 3. The summed E-state index contributed by atoms with van der Waals surface area (Å²) in [6.45, 7) is 4.83. The zero-order chi connectivity index (χ0) is 15.4. The van der Waals surface area contributed by atoms with Crippen LogP contribution in [0.15, 0.2) is 30.7 Å². The maximum absolute atomic E-state index is 12.5. The summed E-state index contributed by atoms with van der Waals surface area (Å²) in [5.41, 5.74) is 0.676. The predicted octanol–water partition coefficient (Wildman–Crippen LogP) is 3.03. The van der Waals surface area contributed by atoms with Crippen molar-refractivity contribution in [1.29, 1.82) is 0 Å². The van der Waals surface area contributed by atoms with E-state index < -0.39 is 0 Å². The number of aromatic amines is 1. The van der Waals surface area contributed by atoms with Gasteiger partial charge in [0, 0.05) is 44.1 Å². The summed E-state index contributed by atoms with van der Waals surface area (Å²) in [7, 11) is 0. The van der Waals surface area contributed by atoms with Crippen LogP contribution in [0.2, 0.25) is 0 Å². The van der Waals surface area contributed by atoms with E-state index in [4.69, 9.17) is 0 Å². The second-order valence-electron chi connectivity index (χ2n) is 6.01. The van der Waals surface area contributed by atoms with Gasteiger partial charge in [0.1, 0.15) is 11.5 Å². The predicted molar refractivity (Wildman–Crippen MR) is 85.8 cm³/mol. The molecule has 0 unspecified atom stereocenters. The summed E-state index contributed by atoms with van der Waals surface area (Å²) in [6, 6.07) is 3.71. The molecule has 3 rings (SSSR count). The van der Waals surface area contributed by atoms with Gasteiger partial charge in [-0.05, 0) is 31.4 Å². The second kappa shape index (κ2) is 6.81. The molecule has 0 aliphatic carbocycles. The number of piperidine rings is 1. The fourth-order valence-electron chi connectivity index (χ4n) is 3.20. The number of hydrogen-bond donors (Lipinski definition) is 1. The molecule has 1 amide bonds. The highest BCUT2D eigenvalue weighted by atomic mass is 16.2. The van der Waals surface area contributed by atoms with Crippen molar-refractivity contribution in [3.8, 4) is 0 Å². The summed E-state index contributed by atoms with van der Waals surface area (Å²) >= 11 is 0. The average Bonchev–Trinajstić information content (AvgIpc) is 3.23. The van der Waals surface area contributed by atoms with Crippen LogP contribution in [0.3, 0.4) is 0 Å². The number of carbonyl (C=O) groups excluding carboxylic acids is 1. The molecular formula is C17H24N4O. The molecule has 22 heavy (non-hydrogen) atoms. The number of hydrogen-bond acceptors (Lipinski definition) is 2. The molecule has 0 saturated carbocycles. The van der Waals surface area contributed by atoms with E-state index in [1.807, 2.05) is 23.2 Å². The van der Waals surface area contributed by atoms with Gasteiger partial charge in [-0.1, -0.05) is 13.3 Å². The lowest BCUT2D eigenvalue weighted by atomic mass is 9.96. The van der Waals surface area contributed by atoms with Gasteiger partial charge in [0.15, 0.2) is 0 Å². The van der Waals surface area contributed by atoms with E-state index in [0.29, 0.717) is 11.6 Å². The van der Waals surface area contributed by atoms with Gasteiger partial charge in [0.25, 0.3) is 5.91 Å². The number of aromatic nitrogens is 3. The monoisotopic (exact) mass is 300 g/mol. The van der Waals surface area contributed by atoms with E-state index in [2.05, 4.69) is 27.7 Å². The molecule has 3 heterocycles. The molecule has 5 heteroatoms. The summed E-state index contributed by atoms with van der Waals surface area (Å²) in [4.78, 5) is 22.0. The van der Waals surface area contributed by atoms with Gasteiger partial charge in [-0.15, -0.1) is 0 Å². The molecule has 0 bridgehead atoms. The van der Waals surface area contributed by atoms with Gasteiger partial charge in [-0.2, -0.15) is 0 Å². The standard InChI is InChI=1S/C17H24N4O/c1-2-3-10-20-12-9-19-16(20)14-6-5-11-21(13-14)17(22)15-7-4-8-18-15/h4,7-9,12,14,18H,2-3,5-6,10-11,13H2,1H3/t14-/m0/s1. The molecule has 1 N–H and O–H groups in total. The first kappa shape index (κ1) is 14.9. The number of amides is 1. The fraction of sp³-hybridized carbons (Fsp3) is 0.529. The largest absolute Gasteiger partial charge is 0.357 e. The molecule has 118 valence electrons. The van der Waals surface area contributed by atoms with Crippen molar-refractivity contribution in [2.24, 2.45) is 0 Å². The third-order valence-corrected chi connectivity index (χ3v) is 4.40. The Morgan fingerprint density at radius 2 is 2.41 bits per heavy atom. The molecule has 2 aromatic heterocycles. The van der Waals surface area contributed by atoms with Gasteiger partial charge in [-0.3, -0.25) is 4.79 Å². The molecule has 2 aromatic rings. The zero-order valence-electron chi connectivity index (χ0n) is 13.2. The Kier molecular flexibility index (Phi) is 4.61. The first-order valence-corrected chi connectivity index (χ1v) is 8.23. The van der Waals surface area contributed by atoms with E-state index >= 15 is 0 Å². The minimum atomic E-state index is 0.0985.